The number of carbonyl (C=O) groups is 3. The van der Waals surface area contributed by atoms with E-state index in [1.54, 1.807) is 24.0 Å². The molecule has 0 spiro atoms. The molecule has 0 bridgehead atoms. The van der Waals surface area contributed by atoms with Crippen LogP contribution in [0.15, 0.2) is 12.1 Å². The largest absolute Gasteiger partial charge is 0.397 e. The molecule has 7 nitrogen and oxygen atoms in total. The third kappa shape index (κ3) is 1.87. The van der Waals surface area contributed by atoms with E-state index < -0.39 is 6.04 Å². The number of imide groups is 1. The summed E-state index contributed by atoms with van der Waals surface area (Å²) in [7, 11) is 0. The first kappa shape index (κ1) is 12.5. The molecule has 2 aliphatic heterocycles. The van der Waals surface area contributed by atoms with Crippen molar-refractivity contribution in [3.05, 3.63) is 17.7 Å². The van der Waals surface area contributed by atoms with Crippen LogP contribution >= 0.6 is 0 Å². The summed E-state index contributed by atoms with van der Waals surface area (Å²) in [6.07, 6.45) is 0.300. The number of fused-ring (bicyclic) bond motifs is 1. The van der Waals surface area contributed by atoms with Gasteiger partial charge in [-0.1, -0.05) is 0 Å². The molecule has 0 radical (unpaired) electrons. The highest BCUT2D eigenvalue weighted by molar-refractivity contribution is 6.06. The normalized spacial score (nSPS) is 21.6. The van der Waals surface area contributed by atoms with Gasteiger partial charge in [-0.2, -0.15) is 0 Å². The number of nitrogens with two attached hydrogens (primary N) is 1. The maximum atomic E-state index is 11.7. The van der Waals surface area contributed by atoms with Gasteiger partial charge < -0.3 is 16.0 Å². The van der Waals surface area contributed by atoms with Gasteiger partial charge in [0.05, 0.1) is 24.3 Å². The first-order chi connectivity index (χ1) is 9.45. The van der Waals surface area contributed by atoms with E-state index in [0.717, 1.165) is 5.56 Å². The minimum absolute atomic E-state index is 0.0594. The molecule has 1 fully saturated rings. The highest BCUT2D eigenvalue weighted by atomic mass is 16.2. The average molecular weight is 274 g/mol. The predicted octanol–water partition coefficient (Wildman–Crippen LogP) is -0.385. The minimum Gasteiger partial charge on any atom is -0.397 e. The second-order valence-electron chi connectivity index (χ2n) is 5.01. The number of amides is 3. The van der Waals surface area contributed by atoms with Crippen LogP contribution in [0.3, 0.4) is 0 Å². The van der Waals surface area contributed by atoms with E-state index in [0.29, 0.717) is 23.5 Å². The Bertz CT molecular complexity index is 641. The van der Waals surface area contributed by atoms with E-state index in [2.05, 4.69) is 10.6 Å². The molecule has 1 aromatic rings. The SMILES string of the molecule is CC1C(=O)NC(=O)CN1c1cc2c(cc1N)CC(=O)N2. The first-order valence-corrected chi connectivity index (χ1v) is 6.28. The fourth-order valence-electron chi connectivity index (χ4n) is 2.54. The van der Waals surface area contributed by atoms with Crippen molar-refractivity contribution < 1.29 is 14.4 Å². The number of anilines is 3. The summed E-state index contributed by atoms with van der Waals surface area (Å²) in [6, 6.07) is 2.94. The molecule has 1 saturated heterocycles. The maximum Gasteiger partial charge on any atom is 0.249 e. The van der Waals surface area contributed by atoms with Crippen LogP contribution in [0.2, 0.25) is 0 Å². The number of nitrogens with one attached hydrogen (secondary N) is 2. The van der Waals surface area contributed by atoms with Gasteiger partial charge in [0.25, 0.3) is 0 Å². The fourth-order valence-corrected chi connectivity index (χ4v) is 2.54. The van der Waals surface area contributed by atoms with Crippen molar-refractivity contribution in [3.63, 3.8) is 0 Å². The average Bonchev–Trinajstić information content (AvgIpc) is 2.72. The first-order valence-electron chi connectivity index (χ1n) is 6.28. The van der Waals surface area contributed by atoms with E-state index in [1.165, 1.54) is 0 Å². The van der Waals surface area contributed by atoms with E-state index in [-0.39, 0.29) is 24.3 Å². The number of piperazine rings is 1. The molecule has 1 atom stereocenters. The lowest BCUT2D eigenvalue weighted by molar-refractivity contribution is -0.132. The topological polar surface area (TPSA) is 105 Å². The number of nitrogens with zero attached hydrogens (tertiary/aromatic N) is 1. The smallest absolute Gasteiger partial charge is 0.249 e. The van der Waals surface area contributed by atoms with E-state index >= 15 is 0 Å². The second kappa shape index (κ2) is 4.22. The standard InChI is InChI=1S/C13H14N4O3/c1-6-13(20)16-12(19)5-17(6)10-4-9-7(2-8(10)14)3-11(18)15-9/h2,4,6H,3,5,14H2,1H3,(H,15,18)(H,16,19,20). The molecule has 1 unspecified atom stereocenters. The third-order valence-corrected chi connectivity index (χ3v) is 3.61. The Morgan fingerprint density at radius 1 is 1.20 bits per heavy atom. The monoisotopic (exact) mass is 274 g/mol. The van der Waals surface area contributed by atoms with Crippen molar-refractivity contribution in [1.29, 1.82) is 0 Å². The minimum atomic E-state index is -0.495. The van der Waals surface area contributed by atoms with Gasteiger partial charge in [0, 0.05) is 5.69 Å². The molecular weight excluding hydrogens is 260 g/mol. The molecule has 4 N–H and O–H groups in total. The summed E-state index contributed by atoms with van der Waals surface area (Å²) >= 11 is 0. The molecule has 104 valence electrons. The van der Waals surface area contributed by atoms with Crippen LogP contribution in [-0.4, -0.2) is 30.3 Å². The zero-order valence-corrected chi connectivity index (χ0v) is 10.9. The number of benzene rings is 1. The van der Waals surface area contributed by atoms with Gasteiger partial charge in [-0.3, -0.25) is 19.7 Å². The Morgan fingerprint density at radius 3 is 2.70 bits per heavy atom. The zero-order chi connectivity index (χ0) is 14.4. The fraction of sp³-hybridized carbons (Fsp3) is 0.308. The van der Waals surface area contributed by atoms with Crippen molar-refractivity contribution in [1.82, 2.24) is 5.32 Å². The van der Waals surface area contributed by atoms with Gasteiger partial charge in [0.1, 0.15) is 6.04 Å². The van der Waals surface area contributed by atoms with Gasteiger partial charge in [-0.15, -0.1) is 0 Å². The van der Waals surface area contributed by atoms with Gasteiger partial charge >= 0.3 is 0 Å². The van der Waals surface area contributed by atoms with Gasteiger partial charge in [-0.25, -0.2) is 0 Å². The summed E-state index contributed by atoms with van der Waals surface area (Å²) in [5.74, 6) is -0.806. The predicted molar refractivity (Wildman–Crippen MR) is 73.1 cm³/mol. The quantitative estimate of drug-likeness (QED) is 0.478. The van der Waals surface area contributed by atoms with Crippen LogP contribution in [0.5, 0.6) is 0 Å². The number of nitrogen functional groups attached to an aromatic ring is 1. The Hall–Kier alpha value is -2.57. The van der Waals surface area contributed by atoms with Crippen LogP contribution in [0, 0.1) is 0 Å². The molecule has 0 aromatic heterocycles. The molecule has 3 amide bonds. The molecule has 7 heteroatoms. The van der Waals surface area contributed by atoms with Crippen molar-refractivity contribution in [2.45, 2.75) is 19.4 Å². The summed E-state index contributed by atoms with van der Waals surface area (Å²) in [4.78, 5) is 36.2. The maximum absolute atomic E-state index is 11.7. The van der Waals surface area contributed by atoms with Crippen molar-refractivity contribution in [2.24, 2.45) is 0 Å². The molecule has 20 heavy (non-hydrogen) atoms. The summed E-state index contributed by atoms with van der Waals surface area (Å²) in [6.45, 7) is 1.76. The number of carbonyl (C=O) groups excluding carboxylic acids is 3. The van der Waals surface area contributed by atoms with Crippen LogP contribution < -0.4 is 21.3 Å². The van der Waals surface area contributed by atoms with E-state index in [1.807, 2.05) is 0 Å². The van der Waals surface area contributed by atoms with Crippen LogP contribution in [-0.2, 0) is 20.8 Å². The Balaban J connectivity index is 2.02. The molecule has 3 rings (SSSR count). The molecular formula is C13H14N4O3. The third-order valence-electron chi connectivity index (χ3n) is 3.61. The highest BCUT2D eigenvalue weighted by Crippen LogP contribution is 2.35. The van der Waals surface area contributed by atoms with Crippen LogP contribution in [0.4, 0.5) is 17.1 Å². The van der Waals surface area contributed by atoms with Gasteiger partial charge in [0.2, 0.25) is 17.7 Å². The molecule has 0 aliphatic carbocycles. The summed E-state index contributed by atoms with van der Waals surface area (Å²) in [5.41, 5.74) is 8.55. The number of rotatable bonds is 1. The molecule has 0 saturated carbocycles. The van der Waals surface area contributed by atoms with Crippen molar-refractivity contribution in [3.8, 4) is 0 Å². The summed E-state index contributed by atoms with van der Waals surface area (Å²) in [5, 5.41) is 5.01. The van der Waals surface area contributed by atoms with Crippen molar-refractivity contribution >= 4 is 34.8 Å². The summed E-state index contributed by atoms with van der Waals surface area (Å²) < 4.78 is 0. The van der Waals surface area contributed by atoms with Gasteiger partial charge in [0.15, 0.2) is 0 Å². The highest BCUT2D eigenvalue weighted by Gasteiger charge is 2.32. The Labute approximate surface area is 115 Å². The molecule has 2 heterocycles. The van der Waals surface area contributed by atoms with E-state index in [4.69, 9.17) is 5.73 Å². The van der Waals surface area contributed by atoms with Crippen LogP contribution in [0.25, 0.3) is 0 Å². The number of hydrogen-bond acceptors (Lipinski definition) is 5. The number of hydrogen-bond donors (Lipinski definition) is 3. The lowest BCUT2D eigenvalue weighted by Crippen LogP contribution is -2.57. The van der Waals surface area contributed by atoms with E-state index in [9.17, 15) is 14.4 Å². The molecule has 1 aromatic carbocycles. The van der Waals surface area contributed by atoms with Crippen molar-refractivity contribution in [2.75, 3.05) is 22.5 Å². The lowest BCUT2D eigenvalue weighted by atomic mass is 10.1. The second-order valence-corrected chi connectivity index (χ2v) is 5.01. The Morgan fingerprint density at radius 2 is 1.95 bits per heavy atom. The van der Waals surface area contributed by atoms with Gasteiger partial charge in [-0.05, 0) is 24.6 Å². The Kier molecular flexibility index (Phi) is 2.63. The van der Waals surface area contributed by atoms with Crippen LogP contribution in [0.1, 0.15) is 12.5 Å². The molecule has 2 aliphatic rings. The lowest BCUT2D eigenvalue weighted by Gasteiger charge is -2.34. The zero-order valence-electron chi connectivity index (χ0n) is 10.9.